The van der Waals surface area contributed by atoms with Crippen molar-refractivity contribution in [3.8, 4) is 5.75 Å². The molecule has 0 unspecified atom stereocenters. The first-order valence-electron chi connectivity index (χ1n) is 6.76. The lowest BCUT2D eigenvalue weighted by molar-refractivity contribution is 0.0400. The van der Waals surface area contributed by atoms with E-state index in [9.17, 15) is 10.2 Å². The molecule has 0 radical (unpaired) electrons. The summed E-state index contributed by atoms with van der Waals surface area (Å²) >= 11 is 0. The van der Waals surface area contributed by atoms with Gasteiger partial charge in [0.1, 0.15) is 5.75 Å². The van der Waals surface area contributed by atoms with Gasteiger partial charge in [0, 0.05) is 5.41 Å². The van der Waals surface area contributed by atoms with Gasteiger partial charge in [-0.3, -0.25) is 0 Å². The molecule has 1 saturated carbocycles. The number of phenols is 1. The molecule has 96 valence electrons. The SMILES string of the molecule is C[C@]12CC=C(c3ccc(O)cc3)C[C@@H]1CC[C@@H]2O. The van der Waals surface area contributed by atoms with Crippen molar-refractivity contribution in [1.82, 2.24) is 0 Å². The van der Waals surface area contributed by atoms with E-state index in [4.69, 9.17) is 0 Å². The summed E-state index contributed by atoms with van der Waals surface area (Å²) in [5, 5.41) is 19.4. The van der Waals surface area contributed by atoms with E-state index in [0.717, 1.165) is 25.7 Å². The monoisotopic (exact) mass is 244 g/mol. The number of aliphatic hydroxyl groups excluding tert-OH is 1. The number of aromatic hydroxyl groups is 1. The number of fused-ring (bicyclic) bond motifs is 1. The van der Waals surface area contributed by atoms with Gasteiger partial charge < -0.3 is 10.2 Å². The molecule has 3 atom stereocenters. The number of allylic oxidation sites excluding steroid dienone is 2. The van der Waals surface area contributed by atoms with E-state index in [1.165, 1.54) is 11.1 Å². The summed E-state index contributed by atoms with van der Waals surface area (Å²) in [6, 6.07) is 7.45. The van der Waals surface area contributed by atoms with Crippen LogP contribution >= 0.6 is 0 Å². The highest BCUT2D eigenvalue weighted by Crippen LogP contribution is 2.52. The summed E-state index contributed by atoms with van der Waals surface area (Å²) < 4.78 is 0. The van der Waals surface area contributed by atoms with Crippen LogP contribution in [0.15, 0.2) is 30.3 Å². The average molecular weight is 244 g/mol. The van der Waals surface area contributed by atoms with Crippen molar-refractivity contribution in [2.75, 3.05) is 0 Å². The molecule has 0 aliphatic heterocycles. The Morgan fingerprint density at radius 1 is 1.17 bits per heavy atom. The second-order valence-corrected chi connectivity index (χ2v) is 5.98. The van der Waals surface area contributed by atoms with E-state index in [1.54, 1.807) is 12.1 Å². The van der Waals surface area contributed by atoms with Crippen LogP contribution in [0, 0.1) is 11.3 Å². The van der Waals surface area contributed by atoms with Crippen LogP contribution in [0.1, 0.15) is 38.2 Å². The van der Waals surface area contributed by atoms with Gasteiger partial charge in [0.2, 0.25) is 0 Å². The molecule has 2 heteroatoms. The molecule has 1 aromatic rings. The summed E-state index contributed by atoms with van der Waals surface area (Å²) in [6.07, 6.45) is 6.23. The Labute approximate surface area is 108 Å². The first-order chi connectivity index (χ1) is 8.59. The van der Waals surface area contributed by atoms with Crippen LogP contribution in [-0.4, -0.2) is 16.3 Å². The van der Waals surface area contributed by atoms with E-state index in [-0.39, 0.29) is 11.5 Å². The summed E-state index contributed by atoms with van der Waals surface area (Å²) in [5.41, 5.74) is 2.66. The van der Waals surface area contributed by atoms with Crippen LogP contribution in [0.3, 0.4) is 0 Å². The third-order valence-electron chi connectivity index (χ3n) is 4.98. The Morgan fingerprint density at radius 3 is 2.61 bits per heavy atom. The standard InChI is InChI=1S/C16H20O2/c1-16-9-8-12(10-13(16)4-7-15(16)18)11-2-5-14(17)6-3-11/h2-3,5-6,8,13,15,17-18H,4,7,9-10H2,1H3/t13-,15-,16-/m0/s1. The lowest BCUT2D eigenvalue weighted by atomic mass is 9.68. The molecule has 2 aliphatic carbocycles. The number of rotatable bonds is 1. The number of benzene rings is 1. The predicted molar refractivity (Wildman–Crippen MR) is 72.2 cm³/mol. The highest BCUT2D eigenvalue weighted by atomic mass is 16.3. The molecule has 3 rings (SSSR count). The van der Waals surface area contributed by atoms with E-state index in [2.05, 4.69) is 13.0 Å². The summed E-state index contributed by atoms with van der Waals surface area (Å²) in [5.74, 6) is 0.914. The largest absolute Gasteiger partial charge is 0.508 e. The van der Waals surface area contributed by atoms with Gasteiger partial charge in [0.15, 0.2) is 0 Å². The Kier molecular flexibility index (Phi) is 2.70. The molecule has 18 heavy (non-hydrogen) atoms. The minimum Gasteiger partial charge on any atom is -0.508 e. The fourth-order valence-electron chi connectivity index (χ4n) is 3.53. The van der Waals surface area contributed by atoms with Gasteiger partial charge in [-0.1, -0.05) is 25.1 Å². The van der Waals surface area contributed by atoms with Gasteiger partial charge in [-0.2, -0.15) is 0 Å². The van der Waals surface area contributed by atoms with E-state index >= 15 is 0 Å². The Morgan fingerprint density at radius 2 is 1.89 bits per heavy atom. The lowest BCUT2D eigenvalue weighted by Gasteiger charge is -2.38. The maximum Gasteiger partial charge on any atom is 0.115 e. The third kappa shape index (κ3) is 1.76. The van der Waals surface area contributed by atoms with E-state index < -0.39 is 0 Å². The maximum atomic E-state index is 10.1. The van der Waals surface area contributed by atoms with Crippen LogP contribution in [0.4, 0.5) is 0 Å². The quantitative estimate of drug-likeness (QED) is 0.795. The Hall–Kier alpha value is -1.28. The van der Waals surface area contributed by atoms with Crippen molar-refractivity contribution in [2.45, 2.75) is 38.7 Å². The molecule has 0 aromatic heterocycles. The number of phenolic OH excluding ortho intramolecular Hbond substituents is 1. The van der Waals surface area contributed by atoms with E-state index in [0.29, 0.717) is 11.7 Å². The summed E-state index contributed by atoms with van der Waals surface area (Å²) in [4.78, 5) is 0. The Balaban J connectivity index is 1.87. The van der Waals surface area contributed by atoms with Crippen molar-refractivity contribution in [3.05, 3.63) is 35.9 Å². The van der Waals surface area contributed by atoms with Crippen LogP contribution < -0.4 is 0 Å². The first-order valence-corrected chi connectivity index (χ1v) is 6.76. The topological polar surface area (TPSA) is 40.5 Å². The molecule has 1 fully saturated rings. The smallest absolute Gasteiger partial charge is 0.115 e. The molecular formula is C16H20O2. The molecule has 2 aliphatic rings. The van der Waals surface area contributed by atoms with Crippen molar-refractivity contribution in [1.29, 1.82) is 0 Å². The predicted octanol–water partition coefficient (Wildman–Crippen LogP) is 3.35. The number of aliphatic hydroxyl groups is 1. The normalized spacial score (nSPS) is 35.1. The number of hydrogen-bond donors (Lipinski definition) is 2. The van der Waals surface area contributed by atoms with Crippen LogP contribution in [-0.2, 0) is 0 Å². The van der Waals surface area contributed by atoms with Crippen molar-refractivity contribution in [3.63, 3.8) is 0 Å². The van der Waals surface area contributed by atoms with Crippen LogP contribution in [0.25, 0.3) is 5.57 Å². The average Bonchev–Trinajstić information content (AvgIpc) is 2.66. The fraction of sp³-hybridized carbons (Fsp3) is 0.500. The zero-order valence-electron chi connectivity index (χ0n) is 10.8. The van der Waals surface area contributed by atoms with Gasteiger partial charge in [-0.05, 0) is 54.9 Å². The highest BCUT2D eigenvalue weighted by molar-refractivity contribution is 5.67. The molecule has 0 saturated heterocycles. The minimum atomic E-state index is -0.139. The zero-order valence-corrected chi connectivity index (χ0v) is 10.8. The van der Waals surface area contributed by atoms with Crippen molar-refractivity contribution < 1.29 is 10.2 Å². The molecule has 0 heterocycles. The summed E-state index contributed by atoms with van der Waals surface area (Å²) in [6.45, 7) is 2.22. The molecule has 0 spiro atoms. The molecule has 0 bridgehead atoms. The van der Waals surface area contributed by atoms with Gasteiger partial charge in [0.05, 0.1) is 6.10 Å². The van der Waals surface area contributed by atoms with Crippen molar-refractivity contribution in [2.24, 2.45) is 11.3 Å². The molecule has 2 N–H and O–H groups in total. The lowest BCUT2D eigenvalue weighted by Crippen LogP contribution is -2.34. The minimum absolute atomic E-state index is 0.0837. The van der Waals surface area contributed by atoms with Gasteiger partial charge >= 0.3 is 0 Å². The summed E-state index contributed by atoms with van der Waals surface area (Å²) in [7, 11) is 0. The molecule has 2 nitrogen and oxygen atoms in total. The maximum absolute atomic E-state index is 10.1. The second-order valence-electron chi connectivity index (χ2n) is 5.98. The van der Waals surface area contributed by atoms with E-state index in [1.807, 2.05) is 12.1 Å². The molecule has 1 aromatic carbocycles. The second kappa shape index (κ2) is 4.13. The highest BCUT2D eigenvalue weighted by Gasteiger charge is 2.46. The van der Waals surface area contributed by atoms with Gasteiger partial charge in [-0.15, -0.1) is 0 Å². The zero-order chi connectivity index (χ0) is 12.8. The Bertz CT molecular complexity index is 474. The molecular weight excluding hydrogens is 224 g/mol. The number of hydrogen-bond acceptors (Lipinski definition) is 2. The van der Waals surface area contributed by atoms with Gasteiger partial charge in [-0.25, -0.2) is 0 Å². The van der Waals surface area contributed by atoms with Gasteiger partial charge in [0.25, 0.3) is 0 Å². The molecule has 0 amide bonds. The first kappa shape index (κ1) is 11.8. The van der Waals surface area contributed by atoms with Crippen LogP contribution in [0.5, 0.6) is 5.75 Å². The van der Waals surface area contributed by atoms with Crippen molar-refractivity contribution >= 4 is 5.57 Å². The third-order valence-corrected chi connectivity index (χ3v) is 4.98. The van der Waals surface area contributed by atoms with Crippen LogP contribution in [0.2, 0.25) is 0 Å². The fourth-order valence-corrected chi connectivity index (χ4v) is 3.53.